The third-order valence-electron chi connectivity index (χ3n) is 9.84. The van der Waals surface area contributed by atoms with E-state index >= 15 is 0 Å². The fourth-order valence-electron chi connectivity index (χ4n) is 7.84. The second-order valence-electron chi connectivity index (χ2n) is 12.4. The van der Waals surface area contributed by atoms with Crippen molar-refractivity contribution in [3.8, 4) is 56.0 Å². The lowest BCUT2D eigenvalue weighted by Gasteiger charge is -2.23. The molecular weight excluding hydrogens is 569 g/mol. The number of hydrogen-bond donors (Lipinski definition) is 0. The molecule has 9 aromatic carbocycles. The zero-order valence-electron chi connectivity index (χ0n) is 25.6. The molecule has 0 saturated carbocycles. The van der Waals surface area contributed by atoms with Crippen LogP contribution in [0.1, 0.15) is 0 Å². The lowest BCUT2D eigenvalue weighted by Crippen LogP contribution is -1.98. The molecule has 0 fully saturated rings. The summed E-state index contributed by atoms with van der Waals surface area (Å²) in [6.07, 6.45) is 0. The molecule has 0 atom stereocenters. The van der Waals surface area contributed by atoms with Crippen LogP contribution in [0.3, 0.4) is 0 Å². The summed E-state index contributed by atoms with van der Waals surface area (Å²) < 4.78 is 6.53. The van der Waals surface area contributed by atoms with Gasteiger partial charge in [-0.05, 0) is 94.8 Å². The molecule has 0 bridgehead atoms. The van der Waals surface area contributed by atoms with Gasteiger partial charge in [0.1, 0.15) is 11.5 Å². The molecule has 9 aromatic rings. The molecule has 10 rings (SSSR count). The number of rotatable bonds is 3. The van der Waals surface area contributed by atoms with Crippen LogP contribution in [0.15, 0.2) is 170 Å². The predicted octanol–water partition coefficient (Wildman–Crippen LogP) is 13.1. The molecule has 1 aliphatic rings. The van der Waals surface area contributed by atoms with Gasteiger partial charge in [-0.1, -0.05) is 152 Å². The quantitative estimate of drug-likeness (QED) is 0.146. The lowest BCUT2D eigenvalue weighted by atomic mass is 9.82. The summed E-state index contributed by atoms with van der Waals surface area (Å²) >= 11 is 0. The zero-order chi connectivity index (χ0) is 30.9. The van der Waals surface area contributed by atoms with Gasteiger partial charge >= 0.3 is 0 Å². The van der Waals surface area contributed by atoms with E-state index < -0.39 is 0 Å². The first-order valence-corrected chi connectivity index (χ1v) is 16.2. The maximum absolute atomic E-state index is 6.53. The van der Waals surface area contributed by atoms with Crippen molar-refractivity contribution in [2.24, 2.45) is 0 Å². The fourth-order valence-corrected chi connectivity index (χ4v) is 7.84. The summed E-state index contributed by atoms with van der Waals surface area (Å²) in [6, 6.07) is 61.5. The SMILES string of the molecule is c1ccc(-c2cccc3c2ccc2c(-c4ccccc4)c4ccccc4c(-c4ccc5c(c4)-c4cccc6cccc(c46)O5)c23)cc1. The number of hydrogen-bond acceptors (Lipinski definition) is 1. The first-order valence-electron chi connectivity index (χ1n) is 16.2. The molecule has 0 N–H and O–H groups in total. The van der Waals surface area contributed by atoms with Crippen molar-refractivity contribution in [3.05, 3.63) is 170 Å². The van der Waals surface area contributed by atoms with Crippen LogP contribution in [0.25, 0.3) is 87.6 Å². The van der Waals surface area contributed by atoms with E-state index in [4.69, 9.17) is 4.74 Å². The Morgan fingerprint density at radius 1 is 0.298 bits per heavy atom. The average Bonchev–Trinajstić information content (AvgIpc) is 3.14. The standard InChI is InChI=1S/C46H28O/c1-3-12-29(13-4-1)33-20-11-22-35-34(33)25-26-39-43(30-14-5-2-6-15-30)36-18-7-8-19-37(36)45(46(35)39)32-24-27-41-40(28-32)38-21-9-16-31-17-10-23-42(47-41)44(31)38/h1-28H. The topological polar surface area (TPSA) is 9.23 Å². The minimum absolute atomic E-state index is 0.894. The molecule has 0 radical (unpaired) electrons. The van der Waals surface area contributed by atoms with Crippen LogP contribution in [0.5, 0.6) is 11.5 Å². The highest BCUT2D eigenvalue weighted by atomic mass is 16.5. The fraction of sp³-hybridized carbons (Fsp3) is 0. The van der Waals surface area contributed by atoms with Crippen LogP contribution in [-0.2, 0) is 0 Å². The second kappa shape index (κ2) is 10.2. The maximum atomic E-state index is 6.53. The van der Waals surface area contributed by atoms with E-state index in [1.54, 1.807) is 0 Å². The van der Waals surface area contributed by atoms with Gasteiger partial charge in [-0.25, -0.2) is 0 Å². The van der Waals surface area contributed by atoms with Gasteiger partial charge in [-0.2, -0.15) is 0 Å². The van der Waals surface area contributed by atoms with Crippen molar-refractivity contribution < 1.29 is 4.74 Å². The highest BCUT2D eigenvalue weighted by Gasteiger charge is 2.23. The van der Waals surface area contributed by atoms with Gasteiger partial charge < -0.3 is 4.74 Å². The molecular formula is C46H28O. The molecule has 0 aromatic heterocycles. The molecule has 218 valence electrons. The van der Waals surface area contributed by atoms with Crippen LogP contribution in [0, 0.1) is 0 Å². The Hall–Kier alpha value is -6.18. The zero-order valence-corrected chi connectivity index (χ0v) is 25.6. The molecule has 0 saturated heterocycles. The monoisotopic (exact) mass is 596 g/mol. The Morgan fingerprint density at radius 2 is 0.936 bits per heavy atom. The largest absolute Gasteiger partial charge is 0.456 e. The van der Waals surface area contributed by atoms with Crippen LogP contribution < -0.4 is 4.74 Å². The van der Waals surface area contributed by atoms with E-state index in [2.05, 4.69) is 170 Å². The van der Waals surface area contributed by atoms with Gasteiger partial charge in [0.15, 0.2) is 0 Å². The van der Waals surface area contributed by atoms with Crippen LogP contribution in [0.2, 0.25) is 0 Å². The van der Waals surface area contributed by atoms with Gasteiger partial charge in [0, 0.05) is 10.9 Å². The lowest BCUT2D eigenvalue weighted by molar-refractivity contribution is 0.487. The highest BCUT2D eigenvalue weighted by molar-refractivity contribution is 6.29. The van der Waals surface area contributed by atoms with E-state index in [1.807, 2.05) is 0 Å². The van der Waals surface area contributed by atoms with Crippen molar-refractivity contribution in [2.75, 3.05) is 0 Å². The van der Waals surface area contributed by atoms with Gasteiger partial charge in [0.25, 0.3) is 0 Å². The minimum atomic E-state index is 0.894. The Kier molecular flexibility index (Phi) is 5.64. The Morgan fingerprint density at radius 3 is 1.74 bits per heavy atom. The van der Waals surface area contributed by atoms with E-state index in [1.165, 1.54) is 82.0 Å². The molecule has 47 heavy (non-hydrogen) atoms. The van der Waals surface area contributed by atoms with Crippen molar-refractivity contribution in [2.45, 2.75) is 0 Å². The predicted molar refractivity (Wildman–Crippen MR) is 198 cm³/mol. The van der Waals surface area contributed by atoms with Crippen LogP contribution in [-0.4, -0.2) is 0 Å². The summed E-state index contributed by atoms with van der Waals surface area (Å²) in [6.45, 7) is 0. The number of fused-ring (bicyclic) bond motifs is 6. The summed E-state index contributed by atoms with van der Waals surface area (Å²) in [5.74, 6) is 1.81. The van der Waals surface area contributed by atoms with Crippen LogP contribution in [0.4, 0.5) is 0 Å². The normalized spacial score (nSPS) is 12.0. The van der Waals surface area contributed by atoms with Crippen molar-refractivity contribution >= 4 is 43.1 Å². The summed E-state index contributed by atoms with van der Waals surface area (Å²) in [7, 11) is 0. The van der Waals surface area contributed by atoms with Gasteiger partial charge in [0.05, 0.1) is 0 Å². The van der Waals surface area contributed by atoms with Crippen molar-refractivity contribution in [3.63, 3.8) is 0 Å². The second-order valence-corrected chi connectivity index (χ2v) is 12.4. The van der Waals surface area contributed by atoms with Crippen LogP contribution >= 0.6 is 0 Å². The molecule has 1 heterocycles. The van der Waals surface area contributed by atoms with Gasteiger partial charge in [0.2, 0.25) is 0 Å². The van der Waals surface area contributed by atoms with E-state index in [-0.39, 0.29) is 0 Å². The van der Waals surface area contributed by atoms with E-state index in [0.717, 1.165) is 17.1 Å². The Balaban J connectivity index is 1.36. The van der Waals surface area contributed by atoms with E-state index in [0.29, 0.717) is 0 Å². The molecule has 1 aliphatic heterocycles. The van der Waals surface area contributed by atoms with Gasteiger partial charge in [-0.3, -0.25) is 0 Å². The van der Waals surface area contributed by atoms with Crippen molar-refractivity contribution in [1.29, 1.82) is 0 Å². The summed E-state index contributed by atoms with van der Waals surface area (Å²) in [5.41, 5.74) is 9.73. The molecule has 0 amide bonds. The maximum Gasteiger partial charge on any atom is 0.135 e. The highest BCUT2D eigenvalue weighted by Crippen LogP contribution is 2.51. The van der Waals surface area contributed by atoms with Crippen molar-refractivity contribution in [1.82, 2.24) is 0 Å². The first-order chi connectivity index (χ1) is 23.3. The smallest absolute Gasteiger partial charge is 0.135 e. The number of ether oxygens (including phenoxy) is 1. The molecule has 0 aliphatic carbocycles. The molecule has 0 spiro atoms. The summed E-state index contributed by atoms with van der Waals surface area (Å²) in [5, 5.41) is 9.89. The third kappa shape index (κ3) is 3.90. The van der Waals surface area contributed by atoms with Gasteiger partial charge in [-0.15, -0.1) is 0 Å². The molecule has 1 nitrogen and oxygen atoms in total. The Labute approximate surface area is 272 Å². The first kappa shape index (κ1) is 26.1. The molecule has 1 heteroatoms. The minimum Gasteiger partial charge on any atom is -0.456 e. The third-order valence-corrected chi connectivity index (χ3v) is 9.84. The number of benzene rings is 9. The summed E-state index contributed by atoms with van der Waals surface area (Å²) in [4.78, 5) is 0. The Bertz CT molecular complexity index is 2680. The average molecular weight is 597 g/mol. The van der Waals surface area contributed by atoms with E-state index in [9.17, 15) is 0 Å². The molecule has 0 unspecified atom stereocenters.